The van der Waals surface area contributed by atoms with Crippen LogP contribution in [0.15, 0.2) is 60.2 Å². The summed E-state index contributed by atoms with van der Waals surface area (Å²) < 4.78 is 6.33. The lowest BCUT2D eigenvalue weighted by Crippen LogP contribution is -2.48. The molecule has 1 saturated carbocycles. The predicted molar refractivity (Wildman–Crippen MR) is 149 cm³/mol. The zero-order valence-electron chi connectivity index (χ0n) is 23.0. The summed E-state index contributed by atoms with van der Waals surface area (Å²) in [6.45, 7) is 7.84. The van der Waals surface area contributed by atoms with Gasteiger partial charge in [-0.3, -0.25) is 4.79 Å². The highest BCUT2D eigenvalue weighted by Crippen LogP contribution is 2.61. The van der Waals surface area contributed by atoms with Gasteiger partial charge in [-0.1, -0.05) is 68.0 Å². The molecule has 1 aliphatic heterocycles. The van der Waals surface area contributed by atoms with Gasteiger partial charge in [0.2, 0.25) is 0 Å². The number of carbonyl (C=O) groups is 2. The van der Waals surface area contributed by atoms with Crippen LogP contribution >= 0.6 is 0 Å². The molecular weight excluding hydrogens is 474 g/mol. The number of allylic oxidation sites excluding steroid dienone is 2. The third-order valence-corrected chi connectivity index (χ3v) is 9.40. The first-order valence-corrected chi connectivity index (χ1v) is 14.3. The molecule has 1 amide bonds. The fraction of sp³-hybridized carbons (Fsp3) is 0.515. The third kappa shape index (κ3) is 4.82. The normalized spacial score (nSPS) is 29.6. The SMILES string of the molecule is CCCN1C[C@@]2(CC[C@H]3c4ccc(cc4C(=O)c4ccccc4)C[C@@H](O)CCC(C)=CCC[C@@]32C)OC1=O. The minimum atomic E-state index is -0.565. The number of benzene rings is 2. The van der Waals surface area contributed by atoms with Gasteiger partial charge in [0.15, 0.2) is 5.78 Å². The monoisotopic (exact) mass is 515 g/mol. The van der Waals surface area contributed by atoms with Crippen LogP contribution in [0.4, 0.5) is 4.79 Å². The summed E-state index contributed by atoms with van der Waals surface area (Å²) in [6, 6.07) is 15.7. The van der Waals surface area contributed by atoms with E-state index in [4.69, 9.17) is 4.74 Å². The van der Waals surface area contributed by atoms with E-state index in [9.17, 15) is 14.7 Å². The molecule has 3 aliphatic carbocycles. The first-order valence-electron chi connectivity index (χ1n) is 14.3. The summed E-state index contributed by atoms with van der Waals surface area (Å²) in [5, 5.41) is 10.8. The Labute approximate surface area is 226 Å². The summed E-state index contributed by atoms with van der Waals surface area (Å²) in [4.78, 5) is 28.8. The average molecular weight is 516 g/mol. The van der Waals surface area contributed by atoms with Crippen LogP contribution in [0.3, 0.4) is 0 Å². The first-order chi connectivity index (χ1) is 18.3. The molecule has 1 N–H and O–H groups in total. The Morgan fingerprint density at radius 2 is 1.92 bits per heavy atom. The quantitative estimate of drug-likeness (QED) is 0.358. The van der Waals surface area contributed by atoms with E-state index < -0.39 is 11.7 Å². The molecule has 0 aromatic heterocycles. The van der Waals surface area contributed by atoms with E-state index >= 15 is 0 Å². The van der Waals surface area contributed by atoms with Crippen LogP contribution in [-0.2, 0) is 11.2 Å². The molecule has 4 aliphatic rings. The number of nitrogens with zero attached hydrogens (tertiary/aromatic N) is 1. The predicted octanol–water partition coefficient (Wildman–Crippen LogP) is 6.83. The summed E-state index contributed by atoms with van der Waals surface area (Å²) in [5.74, 6) is 0.0919. The molecule has 1 saturated heterocycles. The molecule has 5 nitrogen and oxygen atoms in total. The van der Waals surface area contributed by atoms with Crippen molar-refractivity contribution in [2.75, 3.05) is 13.1 Å². The summed E-state index contributed by atoms with van der Waals surface area (Å²) in [6.07, 6.45) is 8.01. The van der Waals surface area contributed by atoms with E-state index in [2.05, 4.69) is 39.0 Å². The number of fused-ring (bicyclic) bond motifs is 8. The Balaban J connectivity index is 1.63. The molecule has 0 radical (unpaired) electrons. The van der Waals surface area contributed by atoms with E-state index in [1.165, 1.54) is 5.57 Å². The topological polar surface area (TPSA) is 66.8 Å². The minimum absolute atomic E-state index is 0.0131. The van der Waals surface area contributed by atoms with Gasteiger partial charge in [-0.15, -0.1) is 0 Å². The Kier molecular flexibility index (Phi) is 7.50. The van der Waals surface area contributed by atoms with Gasteiger partial charge in [0.25, 0.3) is 0 Å². The second-order valence-corrected chi connectivity index (χ2v) is 11.9. The van der Waals surface area contributed by atoms with E-state index in [-0.39, 0.29) is 23.2 Å². The molecule has 2 aromatic rings. The molecule has 2 bridgehead atoms. The van der Waals surface area contributed by atoms with Crippen molar-refractivity contribution in [1.82, 2.24) is 4.90 Å². The molecule has 1 spiro atoms. The largest absolute Gasteiger partial charge is 0.440 e. The van der Waals surface area contributed by atoms with Gasteiger partial charge < -0.3 is 14.7 Å². The number of amides is 1. The zero-order chi connectivity index (χ0) is 26.9. The van der Waals surface area contributed by atoms with Crippen LogP contribution < -0.4 is 0 Å². The molecule has 5 heteroatoms. The molecule has 1 heterocycles. The van der Waals surface area contributed by atoms with Gasteiger partial charge in [-0.25, -0.2) is 4.79 Å². The van der Waals surface area contributed by atoms with Crippen molar-refractivity contribution in [2.24, 2.45) is 5.41 Å². The summed E-state index contributed by atoms with van der Waals surface area (Å²) >= 11 is 0. The standard InChI is InChI=1S/C33H41NO4/c1-4-19-34-22-33(38-31(34)37)18-16-29-27-15-13-24(21-28(27)30(36)25-10-6-5-7-11-25)20-26(35)14-12-23(2)9-8-17-32(29,33)3/h5-7,9-11,13,15,21,26,29,35H,4,8,12,14,16-20,22H2,1-3H3/t26-,29-,32-,33+/m0/s1. The average Bonchev–Trinajstić information content (AvgIpc) is 3.38. The Bertz CT molecular complexity index is 1220. The molecule has 0 unspecified atom stereocenters. The molecule has 6 rings (SSSR count). The summed E-state index contributed by atoms with van der Waals surface area (Å²) in [5.41, 5.74) is 3.81. The summed E-state index contributed by atoms with van der Waals surface area (Å²) in [7, 11) is 0. The van der Waals surface area contributed by atoms with Crippen LogP contribution in [0, 0.1) is 5.41 Å². The van der Waals surface area contributed by atoms with E-state index in [1.807, 2.05) is 41.3 Å². The zero-order valence-corrected chi connectivity index (χ0v) is 23.0. The van der Waals surface area contributed by atoms with Crippen molar-refractivity contribution in [3.8, 4) is 0 Å². The Hall–Kier alpha value is -2.92. The number of hydrogen-bond acceptors (Lipinski definition) is 4. The maximum atomic E-state index is 13.9. The Morgan fingerprint density at radius 1 is 1.13 bits per heavy atom. The number of aliphatic hydroxyl groups excluding tert-OH is 1. The second kappa shape index (κ2) is 10.7. The minimum Gasteiger partial charge on any atom is -0.440 e. The molecule has 4 atom stereocenters. The van der Waals surface area contributed by atoms with Crippen LogP contribution in [0.5, 0.6) is 0 Å². The molecule has 2 aromatic carbocycles. The maximum absolute atomic E-state index is 13.9. The number of ether oxygens (including phenoxy) is 1. The fourth-order valence-corrected chi connectivity index (χ4v) is 7.17. The van der Waals surface area contributed by atoms with Crippen molar-refractivity contribution in [2.45, 2.75) is 89.8 Å². The van der Waals surface area contributed by atoms with E-state index in [0.29, 0.717) is 37.1 Å². The van der Waals surface area contributed by atoms with Crippen molar-refractivity contribution < 1.29 is 19.4 Å². The van der Waals surface area contributed by atoms with Crippen LogP contribution in [0.25, 0.3) is 0 Å². The molecular formula is C33H41NO4. The van der Waals surface area contributed by atoms with Crippen molar-refractivity contribution in [3.63, 3.8) is 0 Å². The second-order valence-electron chi connectivity index (χ2n) is 11.9. The van der Waals surface area contributed by atoms with Gasteiger partial charge in [0, 0.05) is 23.1 Å². The first kappa shape index (κ1) is 26.7. The van der Waals surface area contributed by atoms with Crippen LogP contribution in [0.1, 0.15) is 98.7 Å². The van der Waals surface area contributed by atoms with Gasteiger partial charge in [-0.05, 0) is 81.4 Å². The van der Waals surface area contributed by atoms with E-state index in [1.54, 1.807) is 0 Å². The lowest BCUT2D eigenvalue weighted by molar-refractivity contribution is -0.0373. The van der Waals surface area contributed by atoms with Gasteiger partial charge >= 0.3 is 6.09 Å². The number of aliphatic hydroxyl groups is 1. The highest BCUT2D eigenvalue weighted by Gasteiger charge is 2.63. The third-order valence-electron chi connectivity index (χ3n) is 9.40. The smallest absolute Gasteiger partial charge is 0.410 e. The van der Waals surface area contributed by atoms with Crippen LogP contribution in [0.2, 0.25) is 0 Å². The maximum Gasteiger partial charge on any atom is 0.410 e. The van der Waals surface area contributed by atoms with Gasteiger partial charge in [0.05, 0.1) is 12.6 Å². The number of rotatable bonds is 4. The van der Waals surface area contributed by atoms with Crippen molar-refractivity contribution in [1.29, 1.82) is 0 Å². The van der Waals surface area contributed by atoms with Gasteiger partial charge in [-0.2, -0.15) is 0 Å². The lowest BCUT2D eigenvalue weighted by Gasteiger charge is -2.43. The van der Waals surface area contributed by atoms with E-state index in [0.717, 1.165) is 49.7 Å². The fourth-order valence-electron chi connectivity index (χ4n) is 7.17. The molecule has 2 fully saturated rings. The number of carbonyl (C=O) groups excluding carboxylic acids is 2. The van der Waals surface area contributed by atoms with Crippen LogP contribution in [-0.4, -0.2) is 46.7 Å². The number of ketones is 1. The van der Waals surface area contributed by atoms with Crippen molar-refractivity contribution >= 4 is 11.9 Å². The van der Waals surface area contributed by atoms with Gasteiger partial charge in [0.1, 0.15) is 5.60 Å². The van der Waals surface area contributed by atoms with Crippen molar-refractivity contribution in [3.05, 3.63) is 82.4 Å². The molecule has 38 heavy (non-hydrogen) atoms. The highest BCUT2D eigenvalue weighted by molar-refractivity contribution is 6.10. The molecule has 202 valence electrons. The highest BCUT2D eigenvalue weighted by atomic mass is 16.6. The lowest BCUT2D eigenvalue weighted by atomic mass is 9.64. The number of hydrogen-bond donors (Lipinski definition) is 1. The Morgan fingerprint density at radius 3 is 2.68 bits per heavy atom.